The number of anilines is 1. The number of nitrogens with one attached hydrogen (secondary N) is 1. The van der Waals surface area contributed by atoms with Gasteiger partial charge < -0.3 is 19.7 Å². The molecule has 2 rings (SSSR count). The number of likely N-dealkylation sites (N-methyl/N-ethyl adjacent to an activating group) is 1. The number of para-hydroxylation sites is 2. The molecule has 9 nitrogen and oxygen atoms in total. The van der Waals surface area contributed by atoms with Crippen molar-refractivity contribution in [1.29, 1.82) is 0 Å². The standard InChI is InChI=1S/C25H35N3O6S/c1-6-26-25(30)19(2)27(18-20-11-9-12-21(17-20)33-3)24(29)15-10-16-28(35(5,31)32)22-13-7-8-14-23(22)34-4/h7-9,11-14,17,19H,6,10,15-16,18H2,1-5H3,(H,26,30)/t19-/m0/s1. The zero-order chi connectivity index (χ0) is 26.0. The highest BCUT2D eigenvalue weighted by Crippen LogP contribution is 2.29. The van der Waals surface area contributed by atoms with Gasteiger partial charge in [0.1, 0.15) is 17.5 Å². The average molecular weight is 506 g/mol. The summed E-state index contributed by atoms with van der Waals surface area (Å²) in [5, 5.41) is 2.76. The summed E-state index contributed by atoms with van der Waals surface area (Å²) in [6.07, 6.45) is 1.45. The Morgan fingerprint density at radius 1 is 1.06 bits per heavy atom. The van der Waals surface area contributed by atoms with E-state index in [1.54, 1.807) is 44.4 Å². The van der Waals surface area contributed by atoms with E-state index in [-0.39, 0.29) is 37.7 Å². The van der Waals surface area contributed by atoms with Crippen molar-refractivity contribution in [3.63, 3.8) is 0 Å². The van der Waals surface area contributed by atoms with Crippen LogP contribution in [0.25, 0.3) is 0 Å². The fourth-order valence-corrected chi connectivity index (χ4v) is 4.66. The largest absolute Gasteiger partial charge is 0.497 e. The monoisotopic (exact) mass is 505 g/mol. The van der Waals surface area contributed by atoms with E-state index in [0.717, 1.165) is 11.8 Å². The van der Waals surface area contributed by atoms with Crippen molar-refractivity contribution in [3.8, 4) is 11.5 Å². The number of ether oxygens (including phenoxy) is 2. The van der Waals surface area contributed by atoms with Gasteiger partial charge in [-0.05, 0) is 50.1 Å². The highest BCUT2D eigenvalue weighted by molar-refractivity contribution is 7.92. The number of benzene rings is 2. The molecule has 0 fully saturated rings. The molecule has 35 heavy (non-hydrogen) atoms. The molecule has 0 aliphatic carbocycles. The van der Waals surface area contributed by atoms with Crippen molar-refractivity contribution in [3.05, 3.63) is 54.1 Å². The second-order valence-corrected chi connectivity index (χ2v) is 9.96. The molecular formula is C25H35N3O6S. The molecule has 2 aromatic carbocycles. The van der Waals surface area contributed by atoms with Gasteiger partial charge in [-0.15, -0.1) is 0 Å². The van der Waals surface area contributed by atoms with Crippen LogP contribution in [0.15, 0.2) is 48.5 Å². The van der Waals surface area contributed by atoms with Crippen molar-refractivity contribution < 1.29 is 27.5 Å². The van der Waals surface area contributed by atoms with E-state index in [9.17, 15) is 18.0 Å². The third-order valence-electron chi connectivity index (χ3n) is 5.51. The fourth-order valence-electron chi connectivity index (χ4n) is 3.69. The minimum absolute atomic E-state index is 0.0644. The van der Waals surface area contributed by atoms with E-state index in [4.69, 9.17) is 9.47 Å². The number of hydrogen-bond donors (Lipinski definition) is 1. The summed E-state index contributed by atoms with van der Waals surface area (Å²) in [5.41, 5.74) is 1.23. The Bertz CT molecular complexity index is 1110. The van der Waals surface area contributed by atoms with Crippen LogP contribution in [-0.4, -0.2) is 64.7 Å². The third-order valence-corrected chi connectivity index (χ3v) is 6.69. The molecule has 2 aromatic rings. The van der Waals surface area contributed by atoms with Gasteiger partial charge in [-0.3, -0.25) is 13.9 Å². The van der Waals surface area contributed by atoms with E-state index < -0.39 is 16.1 Å². The second-order valence-electron chi connectivity index (χ2n) is 8.05. The molecule has 0 radical (unpaired) electrons. The van der Waals surface area contributed by atoms with E-state index >= 15 is 0 Å². The Labute approximate surface area is 208 Å². The Hall–Kier alpha value is -3.27. The summed E-state index contributed by atoms with van der Waals surface area (Å²) in [7, 11) is -0.573. The van der Waals surface area contributed by atoms with E-state index in [1.807, 2.05) is 25.1 Å². The molecule has 0 aliphatic heterocycles. The maximum Gasteiger partial charge on any atom is 0.242 e. The lowest BCUT2D eigenvalue weighted by Crippen LogP contribution is -2.47. The topological polar surface area (TPSA) is 105 Å². The number of sulfonamides is 1. The molecule has 0 bridgehead atoms. The van der Waals surface area contributed by atoms with Gasteiger partial charge in [-0.2, -0.15) is 0 Å². The highest BCUT2D eigenvalue weighted by Gasteiger charge is 2.27. The maximum absolute atomic E-state index is 13.3. The first kappa shape index (κ1) is 28.0. The van der Waals surface area contributed by atoms with Crippen LogP contribution in [0.4, 0.5) is 5.69 Å². The Morgan fingerprint density at radius 2 is 1.77 bits per heavy atom. The predicted octanol–water partition coefficient (Wildman–Crippen LogP) is 2.80. The Morgan fingerprint density at radius 3 is 2.40 bits per heavy atom. The average Bonchev–Trinajstić information content (AvgIpc) is 2.84. The molecule has 0 heterocycles. The molecule has 0 aliphatic rings. The molecule has 1 atom stereocenters. The fraction of sp³-hybridized carbons (Fsp3) is 0.440. The maximum atomic E-state index is 13.3. The van der Waals surface area contributed by atoms with Gasteiger partial charge in [0.2, 0.25) is 21.8 Å². The summed E-state index contributed by atoms with van der Waals surface area (Å²) in [5.74, 6) is 0.575. The van der Waals surface area contributed by atoms with Crippen LogP contribution in [0, 0.1) is 0 Å². The van der Waals surface area contributed by atoms with Crippen molar-refractivity contribution in [2.75, 3.05) is 37.9 Å². The lowest BCUT2D eigenvalue weighted by atomic mass is 10.1. The zero-order valence-electron chi connectivity index (χ0n) is 21.0. The molecule has 10 heteroatoms. The smallest absolute Gasteiger partial charge is 0.242 e. The molecule has 0 aromatic heterocycles. The Balaban J connectivity index is 2.20. The van der Waals surface area contributed by atoms with E-state index in [0.29, 0.717) is 23.7 Å². The van der Waals surface area contributed by atoms with Crippen LogP contribution in [0.2, 0.25) is 0 Å². The normalized spacial score (nSPS) is 11.9. The lowest BCUT2D eigenvalue weighted by Gasteiger charge is -2.29. The number of carbonyl (C=O) groups excluding carboxylic acids is 2. The molecule has 2 amide bonds. The number of hydrogen-bond acceptors (Lipinski definition) is 6. The molecule has 0 unspecified atom stereocenters. The van der Waals surface area contributed by atoms with Gasteiger partial charge in [-0.25, -0.2) is 8.42 Å². The van der Waals surface area contributed by atoms with Gasteiger partial charge in [-0.1, -0.05) is 24.3 Å². The summed E-state index contributed by atoms with van der Waals surface area (Å²) in [6.45, 7) is 4.26. The summed E-state index contributed by atoms with van der Waals surface area (Å²) >= 11 is 0. The van der Waals surface area contributed by atoms with Crippen molar-refractivity contribution >= 4 is 27.5 Å². The van der Waals surface area contributed by atoms with Crippen LogP contribution in [0.1, 0.15) is 32.3 Å². The number of amides is 2. The van der Waals surface area contributed by atoms with E-state index in [2.05, 4.69) is 5.32 Å². The Kier molecular flexibility index (Phi) is 10.4. The molecule has 0 saturated carbocycles. The number of rotatable bonds is 13. The minimum Gasteiger partial charge on any atom is -0.497 e. The molecule has 0 saturated heterocycles. The SMILES string of the molecule is CCNC(=O)[C@H](C)N(Cc1cccc(OC)c1)C(=O)CCCN(c1ccccc1OC)S(C)(=O)=O. The summed E-state index contributed by atoms with van der Waals surface area (Å²) < 4.78 is 36.8. The molecule has 192 valence electrons. The van der Waals surface area contributed by atoms with Crippen molar-refractivity contribution in [2.24, 2.45) is 0 Å². The second kappa shape index (κ2) is 13.0. The first-order chi connectivity index (χ1) is 16.6. The zero-order valence-corrected chi connectivity index (χ0v) is 21.8. The minimum atomic E-state index is -3.61. The quantitative estimate of drug-likeness (QED) is 0.449. The third kappa shape index (κ3) is 7.88. The molecule has 1 N–H and O–H groups in total. The van der Waals surface area contributed by atoms with Crippen LogP contribution in [-0.2, 0) is 26.2 Å². The van der Waals surface area contributed by atoms with Crippen LogP contribution < -0.4 is 19.1 Å². The van der Waals surface area contributed by atoms with Crippen LogP contribution >= 0.6 is 0 Å². The van der Waals surface area contributed by atoms with Gasteiger partial charge in [0, 0.05) is 26.1 Å². The molecule has 0 spiro atoms. The first-order valence-electron chi connectivity index (χ1n) is 11.4. The van der Waals surface area contributed by atoms with Gasteiger partial charge in [0.15, 0.2) is 0 Å². The van der Waals surface area contributed by atoms with E-state index in [1.165, 1.54) is 16.3 Å². The highest BCUT2D eigenvalue weighted by atomic mass is 32.2. The number of methoxy groups -OCH3 is 2. The van der Waals surface area contributed by atoms with Gasteiger partial charge in [0.25, 0.3) is 0 Å². The van der Waals surface area contributed by atoms with Gasteiger partial charge >= 0.3 is 0 Å². The first-order valence-corrected chi connectivity index (χ1v) is 13.3. The van der Waals surface area contributed by atoms with Gasteiger partial charge in [0.05, 0.1) is 26.2 Å². The summed E-state index contributed by atoms with van der Waals surface area (Å²) in [4.78, 5) is 27.3. The van der Waals surface area contributed by atoms with Crippen molar-refractivity contribution in [2.45, 2.75) is 39.3 Å². The van der Waals surface area contributed by atoms with Crippen molar-refractivity contribution in [1.82, 2.24) is 10.2 Å². The number of carbonyl (C=O) groups is 2. The van der Waals surface area contributed by atoms with Crippen LogP contribution in [0.5, 0.6) is 11.5 Å². The summed E-state index contributed by atoms with van der Waals surface area (Å²) in [6, 6.07) is 13.4. The lowest BCUT2D eigenvalue weighted by molar-refractivity contribution is -0.140. The predicted molar refractivity (Wildman–Crippen MR) is 136 cm³/mol. The molecular weight excluding hydrogens is 470 g/mol. The van der Waals surface area contributed by atoms with Crippen LogP contribution in [0.3, 0.4) is 0 Å². The number of nitrogens with zero attached hydrogens (tertiary/aromatic N) is 2.